The first-order valence-corrected chi connectivity index (χ1v) is 9.97. The molecule has 0 atom stereocenters. The molecular weight excluding hydrogens is 439 g/mol. The van der Waals surface area contributed by atoms with Crippen molar-refractivity contribution >= 4 is 51.1 Å². The van der Waals surface area contributed by atoms with Crippen LogP contribution in [0.1, 0.15) is 10.6 Å². The Hall–Kier alpha value is -3.54. The maximum absolute atomic E-state index is 12.5. The van der Waals surface area contributed by atoms with Crippen LogP contribution in [0.15, 0.2) is 86.4 Å². The number of furan rings is 1. The number of hydrogen-bond acceptors (Lipinski definition) is 5. The van der Waals surface area contributed by atoms with Crippen molar-refractivity contribution in [2.24, 2.45) is 0 Å². The molecule has 31 heavy (non-hydrogen) atoms. The second-order valence-electron chi connectivity index (χ2n) is 6.84. The minimum Gasteiger partial charge on any atom is -0.449 e. The van der Waals surface area contributed by atoms with E-state index in [0.717, 1.165) is 0 Å². The summed E-state index contributed by atoms with van der Waals surface area (Å²) >= 11 is 11.9. The number of esters is 1. The molecule has 0 spiro atoms. The summed E-state index contributed by atoms with van der Waals surface area (Å²) in [6.07, 6.45) is 0. The summed E-state index contributed by atoms with van der Waals surface area (Å²) in [7, 11) is 0. The topological polar surface area (TPSA) is 69.7 Å². The minimum atomic E-state index is -0.674. The third-order valence-electron chi connectivity index (χ3n) is 4.75. The highest BCUT2D eigenvalue weighted by atomic mass is 35.5. The van der Waals surface area contributed by atoms with E-state index >= 15 is 0 Å². The lowest BCUT2D eigenvalue weighted by atomic mass is 10.1. The predicted octanol–water partition coefficient (Wildman–Crippen LogP) is 6.73. The van der Waals surface area contributed by atoms with E-state index in [9.17, 15) is 9.59 Å². The van der Waals surface area contributed by atoms with Crippen molar-refractivity contribution in [3.05, 3.63) is 99.0 Å². The molecule has 2 heterocycles. The first-order chi connectivity index (χ1) is 15.0. The molecule has 7 heteroatoms. The second-order valence-corrected chi connectivity index (χ2v) is 7.71. The molecule has 0 saturated heterocycles. The van der Waals surface area contributed by atoms with E-state index in [1.165, 1.54) is 6.07 Å². The van der Waals surface area contributed by atoms with Crippen LogP contribution in [0.5, 0.6) is 5.75 Å². The SMILES string of the molecule is O=C(Oc1ccc2cc(-c3ccc(Cl)cc3)c(=O)oc2c1)c1cc2cc(Cl)ccc2o1. The van der Waals surface area contributed by atoms with Crippen molar-refractivity contribution in [3.63, 3.8) is 0 Å². The number of rotatable bonds is 3. The molecule has 0 N–H and O–H groups in total. The zero-order valence-electron chi connectivity index (χ0n) is 15.7. The van der Waals surface area contributed by atoms with E-state index in [2.05, 4.69) is 0 Å². The summed E-state index contributed by atoms with van der Waals surface area (Å²) in [5.41, 5.74) is 1.42. The van der Waals surface area contributed by atoms with Gasteiger partial charge < -0.3 is 13.6 Å². The van der Waals surface area contributed by atoms with Gasteiger partial charge in [0.25, 0.3) is 0 Å². The van der Waals surface area contributed by atoms with Crippen molar-refractivity contribution < 1.29 is 18.4 Å². The van der Waals surface area contributed by atoms with E-state index in [1.807, 2.05) is 0 Å². The molecule has 5 aromatic rings. The standard InChI is InChI=1S/C24H12Cl2O5/c25-16-4-1-13(2-5-16)19-10-14-3-7-18(12-21(14)31-23(19)27)29-24(28)22-11-15-9-17(26)6-8-20(15)30-22/h1-12H. The molecule has 3 aromatic carbocycles. The molecule has 5 nitrogen and oxygen atoms in total. The van der Waals surface area contributed by atoms with E-state index in [4.69, 9.17) is 36.8 Å². The third kappa shape index (κ3) is 3.81. The fourth-order valence-corrected chi connectivity index (χ4v) is 3.56. The van der Waals surface area contributed by atoms with Crippen LogP contribution in [-0.4, -0.2) is 5.97 Å². The Bertz CT molecular complexity index is 1510. The Morgan fingerprint density at radius 2 is 1.52 bits per heavy atom. The number of halogens is 2. The Morgan fingerprint density at radius 3 is 2.32 bits per heavy atom. The first-order valence-electron chi connectivity index (χ1n) is 9.21. The number of carbonyl (C=O) groups excluding carboxylic acids is 1. The Morgan fingerprint density at radius 1 is 0.742 bits per heavy atom. The zero-order chi connectivity index (χ0) is 21.5. The molecule has 0 bridgehead atoms. The first kappa shape index (κ1) is 19.4. The van der Waals surface area contributed by atoms with Crippen molar-refractivity contribution in [1.82, 2.24) is 0 Å². The average molecular weight is 451 g/mol. The van der Waals surface area contributed by atoms with Gasteiger partial charge in [0, 0.05) is 26.9 Å². The van der Waals surface area contributed by atoms with Gasteiger partial charge in [0.05, 0.1) is 5.56 Å². The van der Waals surface area contributed by atoms with Gasteiger partial charge in [-0.15, -0.1) is 0 Å². The van der Waals surface area contributed by atoms with Gasteiger partial charge in [-0.25, -0.2) is 9.59 Å². The Balaban J connectivity index is 1.45. The van der Waals surface area contributed by atoms with Crippen molar-refractivity contribution in [2.45, 2.75) is 0 Å². The van der Waals surface area contributed by atoms with Crippen molar-refractivity contribution in [2.75, 3.05) is 0 Å². The molecule has 0 fully saturated rings. The van der Waals surface area contributed by atoms with Crippen LogP contribution in [0.2, 0.25) is 10.0 Å². The maximum Gasteiger partial charge on any atom is 0.379 e. The van der Waals surface area contributed by atoms with Gasteiger partial charge in [-0.3, -0.25) is 0 Å². The third-order valence-corrected chi connectivity index (χ3v) is 5.24. The van der Waals surface area contributed by atoms with Crippen molar-refractivity contribution in [3.8, 4) is 16.9 Å². The van der Waals surface area contributed by atoms with Gasteiger partial charge in [-0.2, -0.15) is 0 Å². The average Bonchev–Trinajstić information content (AvgIpc) is 3.17. The summed E-state index contributed by atoms with van der Waals surface area (Å²) < 4.78 is 16.4. The summed E-state index contributed by atoms with van der Waals surface area (Å²) in [5.74, 6) is -0.415. The van der Waals surface area contributed by atoms with Crippen LogP contribution in [-0.2, 0) is 0 Å². The summed E-state index contributed by atoms with van der Waals surface area (Å²) in [4.78, 5) is 25.0. The van der Waals surface area contributed by atoms with E-state index < -0.39 is 11.6 Å². The molecule has 0 amide bonds. The maximum atomic E-state index is 12.5. The molecule has 0 aliphatic carbocycles. The Labute approximate surface area is 185 Å². The predicted molar refractivity (Wildman–Crippen MR) is 119 cm³/mol. The van der Waals surface area contributed by atoms with E-state index in [1.54, 1.807) is 66.7 Å². The smallest absolute Gasteiger partial charge is 0.379 e. The number of fused-ring (bicyclic) bond motifs is 2. The van der Waals surface area contributed by atoms with Gasteiger partial charge in [-0.05, 0) is 60.2 Å². The molecule has 0 aliphatic rings. The molecule has 0 radical (unpaired) electrons. The highest BCUT2D eigenvalue weighted by Gasteiger charge is 2.16. The summed E-state index contributed by atoms with van der Waals surface area (Å²) in [6, 6.07) is 20.0. The molecule has 0 unspecified atom stereocenters. The number of benzene rings is 3. The number of ether oxygens (including phenoxy) is 1. The van der Waals surface area contributed by atoms with Crippen LogP contribution in [0, 0.1) is 0 Å². The molecular formula is C24H12Cl2O5. The largest absolute Gasteiger partial charge is 0.449 e. The van der Waals surface area contributed by atoms with Crippen molar-refractivity contribution in [1.29, 1.82) is 0 Å². The summed E-state index contributed by atoms with van der Waals surface area (Å²) in [6.45, 7) is 0. The van der Waals surface area contributed by atoms with Gasteiger partial charge in [-0.1, -0.05) is 35.3 Å². The minimum absolute atomic E-state index is 0.0388. The lowest BCUT2D eigenvalue weighted by Crippen LogP contribution is -2.07. The van der Waals surface area contributed by atoms with Gasteiger partial charge in [0.15, 0.2) is 0 Å². The van der Waals surface area contributed by atoms with Gasteiger partial charge in [0.2, 0.25) is 5.76 Å². The lowest BCUT2D eigenvalue weighted by molar-refractivity contribution is 0.0704. The van der Waals surface area contributed by atoms with Gasteiger partial charge in [0.1, 0.15) is 16.9 Å². The highest BCUT2D eigenvalue weighted by Crippen LogP contribution is 2.27. The lowest BCUT2D eigenvalue weighted by Gasteiger charge is -2.05. The highest BCUT2D eigenvalue weighted by molar-refractivity contribution is 6.31. The van der Waals surface area contributed by atoms with Crippen LogP contribution in [0.3, 0.4) is 0 Å². The van der Waals surface area contributed by atoms with Crippen LogP contribution in [0.25, 0.3) is 33.1 Å². The zero-order valence-corrected chi connectivity index (χ0v) is 17.2. The quantitative estimate of drug-likeness (QED) is 0.173. The molecule has 152 valence electrons. The van der Waals surface area contributed by atoms with Gasteiger partial charge >= 0.3 is 11.6 Å². The second kappa shape index (κ2) is 7.61. The fourth-order valence-electron chi connectivity index (χ4n) is 3.26. The summed E-state index contributed by atoms with van der Waals surface area (Å²) in [5, 5.41) is 2.49. The van der Waals surface area contributed by atoms with Crippen LogP contribution < -0.4 is 10.4 Å². The number of hydrogen-bond donors (Lipinski definition) is 0. The molecule has 0 aliphatic heterocycles. The van der Waals surface area contributed by atoms with E-state index in [-0.39, 0.29) is 11.5 Å². The Kier molecular flexibility index (Phi) is 4.77. The molecule has 5 rings (SSSR count). The molecule has 0 saturated carbocycles. The normalized spacial score (nSPS) is 11.2. The van der Waals surface area contributed by atoms with Crippen LogP contribution >= 0.6 is 23.2 Å². The molecule has 2 aromatic heterocycles. The number of carbonyl (C=O) groups is 1. The monoisotopic (exact) mass is 450 g/mol. The fraction of sp³-hybridized carbons (Fsp3) is 0. The van der Waals surface area contributed by atoms with E-state index in [0.29, 0.717) is 43.1 Å². The van der Waals surface area contributed by atoms with Crippen LogP contribution in [0.4, 0.5) is 0 Å².